The molecule has 0 bridgehead atoms. The number of carbonyl (C=O) groups excluding carboxylic acids is 1. The molecule has 2 nitrogen and oxygen atoms in total. The van der Waals surface area contributed by atoms with Crippen molar-refractivity contribution in [3.8, 4) is 0 Å². The van der Waals surface area contributed by atoms with E-state index in [1.807, 2.05) is 0 Å². The van der Waals surface area contributed by atoms with Crippen molar-refractivity contribution in [1.82, 2.24) is 0 Å². The number of carbonyl (C=O) groups is 1. The van der Waals surface area contributed by atoms with Gasteiger partial charge in [0.15, 0.2) is 0 Å². The maximum atomic E-state index is 13.0. The molecule has 7 atom stereocenters. The quantitative estimate of drug-likeness (QED) is 0.690. The smallest absolute Gasteiger partial charge is 0.137 e. The Balaban J connectivity index is 1.73. The molecule has 1 N–H and O–H groups in total. The standard InChI is InChI=1S/C19H28O2/c1-18-10-4-3-5-12(18)6-7-13-14-8-9-16(21)19(14,2)11-15(20)17(13)18/h3-4,12-14,16-17,21H,5-11H2,1-2H3/t12-,13+,14+,16?,17-,18+,19+/m1/s1. The number of ketones is 1. The van der Waals surface area contributed by atoms with Gasteiger partial charge in [0, 0.05) is 17.8 Å². The number of hydrogen-bond donors (Lipinski definition) is 1. The molecule has 0 saturated heterocycles. The third kappa shape index (κ3) is 1.72. The van der Waals surface area contributed by atoms with Crippen LogP contribution in [0.25, 0.3) is 0 Å². The minimum absolute atomic E-state index is 0.133. The van der Waals surface area contributed by atoms with Crippen LogP contribution in [-0.2, 0) is 4.79 Å². The highest BCUT2D eigenvalue weighted by Gasteiger charge is 2.62. The van der Waals surface area contributed by atoms with Gasteiger partial charge < -0.3 is 5.11 Å². The summed E-state index contributed by atoms with van der Waals surface area (Å²) >= 11 is 0. The summed E-state index contributed by atoms with van der Waals surface area (Å²) in [5, 5.41) is 10.4. The van der Waals surface area contributed by atoms with Crippen molar-refractivity contribution >= 4 is 5.78 Å². The molecule has 1 unspecified atom stereocenters. The van der Waals surface area contributed by atoms with Gasteiger partial charge in [0.2, 0.25) is 0 Å². The van der Waals surface area contributed by atoms with Gasteiger partial charge in [-0.2, -0.15) is 0 Å². The molecule has 0 heterocycles. The summed E-state index contributed by atoms with van der Waals surface area (Å²) in [4.78, 5) is 13.0. The van der Waals surface area contributed by atoms with Crippen LogP contribution in [0.4, 0.5) is 0 Å². The maximum absolute atomic E-state index is 13.0. The molecule has 0 aliphatic heterocycles. The number of allylic oxidation sites excluding steroid dienone is 2. The van der Waals surface area contributed by atoms with Crippen LogP contribution in [0, 0.1) is 34.5 Å². The zero-order valence-electron chi connectivity index (χ0n) is 13.3. The molecule has 0 radical (unpaired) electrons. The van der Waals surface area contributed by atoms with E-state index >= 15 is 0 Å². The molecule has 116 valence electrons. The SMILES string of the molecule is C[C@]12CC=CC[C@@H]1CC[C@@H]1[C@@H]2C(=O)C[C@]2(C)C(O)CC[C@@H]12. The molecule has 4 aliphatic carbocycles. The first kappa shape index (κ1) is 14.0. The second-order valence-corrected chi connectivity index (χ2v) is 8.68. The van der Waals surface area contributed by atoms with Crippen LogP contribution in [0.3, 0.4) is 0 Å². The minimum Gasteiger partial charge on any atom is -0.393 e. The van der Waals surface area contributed by atoms with Gasteiger partial charge in [-0.25, -0.2) is 0 Å². The van der Waals surface area contributed by atoms with Crippen molar-refractivity contribution in [3.05, 3.63) is 12.2 Å². The number of Topliss-reactive ketones (excluding diaryl/α,β-unsaturated/α-hetero) is 1. The first-order valence-corrected chi connectivity index (χ1v) is 8.82. The van der Waals surface area contributed by atoms with E-state index in [4.69, 9.17) is 0 Å². The fraction of sp³-hybridized carbons (Fsp3) is 0.842. The summed E-state index contributed by atoms with van der Waals surface area (Å²) in [6.45, 7) is 4.56. The molecule has 0 aromatic heterocycles. The summed E-state index contributed by atoms with van der Waals surface area (Å²) < 4.78 is 0. The summed E-state index contributed by atoms with van der Waals surface area (Å²) in [6.07, 6.45) is 11.7. The van der Waals surface area contributed by atoms with Crippen LogP contribution in [0.5, 0.6) is 0 Å². The number of aliphatic hydroxyl groups is 1. The van der Waals surface area contributed by atoms with Crippen LogP contribution in [0.15, 0.2) is 12.2 Å². The fourth-order valence-corrected chi connectivity index (χ4v) is 6.63. The molecular weight excluding hydrogens is 260 g/mol. The van der Waals surface area contributed by atoms with Crippen molar-refractivity contribution in [2.75, 3.05) is 0 Å². The average molecular weight is 288 g/mol. The Morgan fingerprint density at radius 3 is 2.71 bits per heavy atom. The van der Waals surface area contributed by atoms with Crippen LogP contribution >= 0.6 is 0 Å². The lowest BCUT2D eigenvalue weighted by Crippen LogP contribution is -2.56. The Kier molecular flexibility index (Phi) is 2.96. The van der Waals surface area contributed by atoms with Crippen molar-refractivity contribution in [2.45, 2.75) is 64.9 Å². The van der Waals surface area contributed by atoms with Gasteiger partial charge in [0.05, 0.1) is 6.10 Å². The Labute approximate surface area is 128 Å². The Morgan fingerprint density at radius 2 is 1.90 bits per heavy atom. The predicted octanol–water partition coefficient (Wildman–Crippen LogP) is 3.74. The summed E-state index contributed by atoms with van der Waals surface area (Å²) in [6, 6.07) is 0. The zero-order chi connectivity index (χ0) is 14.8. The van der Waals surface area contributed by atoms with Crippen LogP contribution < -0.4 is 0 Å². The van der Waals surface area contributed by atoms with E-state index in [-0.39, 0.29) is 22.9 Å². The Morgan fingerprint density at radius 1 is 1.10 bits per heavy atom. The van der Waals surface area contributed by atoms with Gasteiger partial charge in [-0.05, 0) is 61.7 Å². The average Bonchev–Trinajstić information content (AvgIpc) is 2.73. The Bertz CT molecular complexity index is 496. The third-order valence-corrected chi connectivity index (χ3v) is 7.84. The molecule has 2 heteroatoms. The molecule has 3 fully saturated rings. The first-order chi connectivity index (χ1) is 9.97. The zero-order valence-corrected chi connectivity index (χ0v) is 13.3. The highest BCUT2D eigenvalue weighted by Crippen LogP contribution is 2.64. The van der Waals surface area contributed by atoms with Crippen molar-refractivity contribution in [2.24, 2.45) is 34.5 Å². The Hall–Kier alpha value is -0.630. The monoisotopic (exact) mass is 288 g/mol. The fourth-order valence-electron chi connectivity index (χ4n) is 6.63. The molecule has 0 spiro atoms. The number of fused-ring (bicyclic) bond motifs is 5. The summed E-state index contributed by atoms with van der Waals surface area (Å²) in [5.41, 5.74) is 0.0512. The van der Waals surface area contributed by atoms with Crippen LogP contribution in [0.1, 0.15) is 58.8 Å². The lowest BCUT2D eigenvalue weighted by Gasteiger charge is -2.58. The van der Waals surface area contributed by atoms with Crippen molar-refractivity contribution in [1.29, 1.82) is 0 Å². The van der Waals surface area contributed by atoms with E-state index in [2.05, 4.69) is 26.0 Å². The lowest BCUT2D eigenvalue weighted by atomic mass is 9.45. The molecule has 0 aromatic carbocycles. The van der Waals surface area contributed by atoms with E-state index in [0.29, 0.717) is 30.0 Å². The van der Waals surface area contributed by atoms with E-state index in [9.17, 15) is 9.90 Å². The van der Waals surface area contributed by atoms with Gasteiger partial charge in [-0.15, -0.1) is 0 Å². The van der Waals surface area contributed by atoms with E-state index < -0.39 is 0 Å². The lowest BCUT2D eigenvalue weighted by molar-refractivity contribution is -0.156. The minimum atomic E-state index is -0.260. The van der Waals surface area contributed by atoms with Gasteiger partial charge in [0.25, 0.3) is 0 Å². The van der Waals surface area contributed by atoms with E-state index in [1.54, 1.807) is 0 Å². The summed E-state index contributed by atoms with van der Waals surface area (Å²) in [5.74, 6) is 2.51. The topological polar surface area (TPSA) is 37.3 Å². The van der Waals surface area contributed by atoms with E-state index in [0.717, 1.165) is 25.7 Å². The molecule has 4 rings (SSSR count). The van der Waals surface area contributed by atoms with Crippen molar-refractivity contribution in [3.63, 3.8) is 0 Å². The van der Waals surface area contributed by atoms with Crippen LogP contribution in [-0.4, -0.2) is 17.0 Å². The largest absolute Gasteiger partial charge is 0.393 e. The van der Waals surface area contributed by atoms with Gasteiger partial charge in [-0.1, -0.05) is 26.0 Å². The molecular formula is C19H28O2. The van der Waals surface area contributed by atoms with Gasteiger partial charge in [0.1, 0.15) is 5.78 Å². The first-order valence-electron chi connectivity index (χ1n) is 8.82. The second-order valence-electron chi connectivity index (χ2n) is 8.68. The molecule has 3 saturated carbocycles. The van der Waals surface area contributed by atoms with Crippen molar-refractivity contribution < 1.29 is 9.90 Å². The molecule has 21 heavy (non-hydrogen) atoms. The van der Waals surface area contributed by atoms with E-state index in [1.165, 1.54) is 12.8 Å². The number of aliphatic hydroxyl groups excluding tert-OH is 1. The summed E-state index contributed by atoms with van der Waals surface area (Å²) in [7, 11) is 0. The number of rotatable bonds is 0. The normalized spacial score (nSPS) is 55.8. The highest BCUT2D eigenvalue weighted by molar-refractivity contribution is 5.84. The highest BCUT2D eigenvalue weighted by atomic mass is 16.3. The molecule has 4 aliphatic rings. The van der Waals surface area contributed by atoms with Crippen LogP contribution in [0.2, 0.25) is 0 Å². The predicted molar refractivity (Wildman–Crippen MR) is 82.6 cm³/mol. The maximum Gasteiger partial charge on any atom is 0.137 e. The van der Waals surface area contributed by atoms with Gasteiger partial charge >= 0.3 is 0 Å². The molecule has 0 aromatic rings. The molecule has 0 amide bonds. The van der Waals surface area contributed by atoms with Gasteiger partial charge in [-0.3, -0.25) is 4.79 Å². The number of hydrogen-bond acceptors (Lipinski definition) is 2. The third-order valence-electron chi connectivity index (χ3n) is 7.84. The second kappa shape index (κ2) is 4.44.